The maximum atomic E-state index is 5.98. The number of hydrogen-bond donors (Lipinski definition) is 1. The van der Waals surface area contributed by atoms with Crippen molar-refractivity contribution in [3.63, 3.8) is 0 Å². The molecule has 0 radical (unpaired) electrons. The van der Waals surface area contributed by atoms with Crippen LogP contribution in [-0.4, -0.2) is 19.2 Å². The van der Waals surface area contributed by atoms with Gasteiger partial charge in [-0.15, -0.1) is 0 Å². The molecule has 2 aromatic rings. The van der Waals surface area contributed by atoms with Gasteiger partial charge in [-0.3, -0.25) is 0 Å². The first-order chi connectivity index (χ1) is 8.71. The molecule has 0 unspecified atom stereocenters. The summed E-state index contributed by atoms with van der Waals surface area (Å²) in [6.45, 7) is 2.12. The van der Waals surface area contributed by atoms with E-state index in [4.69, 9.17) is 15.2 Å². The maximum Gasteiger partial charge on any atom is 0.145 e. The molecule has 0 saturated heterocycles. The van der Waals surface area contributed by atoms with Crippen molar-refractivity contribution in [1.82, 2.24) is 4.98 Å². The van der Waals surface area contributed by atoms with Crippen LogP contribution >= 0.6 is 0 Å². The van der Waals surface area contributed by atoms with Gasteiger partial charge in [0.2, 0.25) is 0 Å². The summed E-state index contributed by atoms with van der Waals surface area (Å²) in [7, 11) is 3.27. The molecular weight excluding hydrogens is 228 g/mol. The highest BCUT2D eigenvalue weighted by molar-refractivity contribution is 5.92. The number of methoxy groups -OCH3 is 2. The van der Waals surface area contributed by atoms with E-state index in [-0.39, 0.29) is 0 Å². The maximum absolute atomic E-state index is 5.98. The summed E-state index contributed by atoms with van der Waals surface area (Å²) in [5.74, 6) is 2.06. The number of aromatic nitrogens is 1. The highest BCUT2D eigenvalue weighted by Crippen LogP contribution is 2.33. The first-order valence-electron chi connectivity index (χ1n) is 6.01. The molecule has 18 heavy (non-hydrogen) atoms. The average Bonchev–Trinajstić information content (AvgIpc) is 2.39. The van der Waals surface area contributed by atoms with Crippen molar-refractivity contribution in [3.05, 3.63) is 23.8 Å². The Bertz CT molecular complexity index is 567. The average molecular weight is 246 g/mol. The summed E-state index contributed by atoms with van der Waals surface area (Å²) in [4.78, 5) is 4.45. The zero-order chi connectivity index (χ0) is 13.1. The van der Waals surface area contributed by atoms with Crippen LogP contribution in [0.4, 0.5) is 5.82 Å². The van der Waals surface area contributed by atoms with Gasteiger partial charge in [0.25, 0.3) is 0 Å². The van der Waals surface area contributed by atoms with E-state index in [1.165, 1.54) is 0 Å². The highest BCUT2D eigenvalue weighted by atomic mass is 16.5. The third-order valence-corrected chi connectivity index (χ3v) is 2.98. The van der Waals surface area contributed by atoms with Crippen LogP contribution in [0.3, 0.4) is 0 Å². The fourth-order valence-corrected chi connectivity index (χ4v) is 2.08. The van der Waals surface area contributed by atoms with Crippen LogP contribution in [0, 0.1) is 0 Å². The quantitative estimate of drug-likeness (QED) is 0.901. The van der Waals surface area contributed by atoms with Crippen LogP contribution in [0.2, 0.25) is 0 Å². The minimum absolute atomic E-state index is 0.566. The molecule has 0 aliphatic rings. The van der Waals surface area contributed by atoms with E-state index >= 15 is 0 Å². The SMILES string of the molecule is CCCc1cc2c(OC)ccc(OC)c2nc1N. The Morgan fingerprint density at radius 2 is 1.83 bits per heavy atom. The smallest absolute Gasteiger partial charge is 0.145 e. The van der Waals surface area contributed by atoms with E-state index in [1.807, 2.05) is 18.2 Å². The van der Waals surface area contributed by atoms with E-state index in [0.717, 1.165) is 35.1 Å². The number of pyridine rings is 1. The molecule has 1 aromatic heterocycles. The van der Waals surface area contributed by atoms with Crippen LogP contribution in [0.15, 0.2) is 18.2 Å². The van der Waals surface area contributed by atoms with Crippen LogP contribution in [0.5, 0.6) is 11.5 Å². The summed E-state index contributed by atoms with van der Waals surface area (Å²) in [5.41, 5.74) is 7.78. The number of aryl methyl sites for hydroxylation is 1. The lowest BCUT2D eigenvalue weighted by molar-refractivity contribution is 0.410. The highest BCUT2D eigenvalue weighted by Gasteiger charge is 2.11. The topological polar surface area (TPSA) is 57.4 Å². The Balaban J connectivity index is 2.72. The van der Waals surface area contributed by atoms with Gasteiger partial charge in [-0.2, -0.15) is 0 Å². The predicted octanol–water partition coefficient (Wildman–Crippen LogP) is 2.79. The van der Waals surface area contributed by atoms with E-state index in [0.29, 0.717) is 11.6 Å². The minimum atomic E-state index is 0.566. The predicted molar refractivity (Wildman–Crippen MR) is 73.3 cm³/mol. The number of rotatable bonds is 4. The third kappa shape index (κ3) is 2.06. The summed E-state index contributed by atoms with van der Waals surface area (Å²) in [5, 5.41) is 0.939. The van der Waals surface area contributed by atoms with Crippen LogP contribution in [0.1, 0.15) is 18.9 Å². The lowest BCUT2D eigenvalue weighted by Gasteiger charge is -2.12. The number of fused-ring (bicyclic) bond motifs is 1. The molecule has 0 bridgehead atoms. The molecule has 2 N–H and O–H groups in total. The van der Waals surface area contributed by atoms with Gasteiger partial charge in [-0.25, -0.2) is 4.98 Å². The lowest BCUT2D eigenvalue weighted by Crippen LogP contribution is -2.00. The van der Waals surface area contributed by atoms with Gasteiger partial charge < -0.3 is 15.2 Å². The molecule has 0 saturated carbocycles. The summed E-state index contributed by atoms with van der Waals surface area (Å²) >= 11 is 0. The molecule has 4 heteroatoms. The first kappa shape index (κ1) is 12.5. The number of hydrogen-bond acceptors (Lipinski definition) is 4. The monoisotopic (exact) mass is 246 g/mol. The van der Waals surface area contributed by atoms with Crippen molar-refractivity contribution in [2.75, 3.05) is 20.0 Å². The molecule has 0 aliphatic carbocycles. The fourth-order valence-electron chi connectivity index (χ4n) is 2.08. The lowest BCUT2D eigenvalue weighted by atomic mass is 10.1. The zero-order valence-corrected chi connectivity index (χ0v) is 11.0. The van der Waals surface area contributed by atoms with Crippen molar-refractivity contribution < 1.29 is 9.47 Å². The molecule has 1 aromatic carbocycles. The van der Waals surface area contributed by atoms with Crippen molar-refractivity contribution >= 4 is 16.7 Å². The Labute approximate surface area is 107 Å². The summed E-state index contributed by atoms with van der Waals surface area (Å²) < 4.78 is 10.7. The standard InChI is InChI=1S/C14H18N2O2/c1-4-5-9-8-10-11(17-2)6-7-12(18-3)13(10)16-14(9)15/h6-8H,4-5H2,1-3H3,(H2,15,16). The van der Waals surface area contributed by atoms with Crippen molar-refractivity contribution in [1.29, 1.82) is 0 Å². The van der Waals surface area contributed by atoms with E-state index < -0.39 is 0 Å². The Hall–Kier alpha value is -1.97. The summed E-state index contributed by atoms with van der Waals surface area (Å²) in [6, 6.07) is 5.77. The minimum Gasteiger partial charge on any atom is -0.496 e. The second kappa shape index (κ2) is 5.12. The van der Waals surface area contributed by atoms with Crippen molar-refractivity contribution in [2.45, 2.75) is 19.8 Å². The van der Waals surface area contributed by atoms with Crippen LogP contribution in [-0.2, 0) is 6.42 Å². The van der Waals surface area contributed by atoms with Gasteiger partial charge in [0, 0.05) is 5.39 Å². The first-order valence-corrected chi connectivity index (χ1v) is 6.01. The molecule has 0 amide bonds. The number of ether oxygens (including phenoxy) is 2. The zero-order valence-electron chi connectivity index (χ0n) is 11.0. The van der Waals surface area contributed by atoms with Crippen molar-refractivity contribution in [2.24, 2.45) is 0 Å². The molecule has 0 aliphatic heterocycles. The van der Waals surface area contributed by atoms with E-state index in [1.54, 1.807) is 14.2 Å². The number of nitrogens with zero attached hydrogens (tertiary/aromatic N) is 1. The van der Waals surface area contributed by atoms with Gasteiger partial charge in [0.1, 0.15) is 22.8 Å². The molecule has 0 fully saturated rings. The van der Waals surface area contributed by atoms with Gasteiger partial charge in [-0.1, -0.05) is 13.3 Å². The van der Waals surface area contributed by atoms with Crippen molar-refractivity contribution in [3.8, 4) is 11.5 Å². The largest absolute Gasteiger partial charge is 0.496 e. The molecule has 0 atom stereocenters. The number of nitrogen functional groups attached to an aromatic ring is 1. The van der Waals surface area contributed by atoms with Crippen LogP contribution in [0.25, 0.3) is 10.9 Å². The number of benzene rings is 1. The van der Waals surface area contributed by atoms with E-state index in [9.17, 15) is 0 Å². The molecule has 0 spiro atoms. The fraction of sp³-hybridized carbons (Fsp3) is 0.357. The molecule has 96 valence electrons. The molecule has 2 rings (SSSR count). The molecular formula is C14H18N2O2. The summed E-state index contributed by atoms with van der Waals surface area (Å²) in [6.07, 6.45) is 1.94. The molecule has 4 nitrogen and oxygen atoms in total. The second-order valence-electron chi connectivity index (χ2n) is 4.15. The van der Waals surface area contributed by atoms with Gasteiger partial charge in [0.15, 0.2) is 0 Å². The van der Waals surface area contributed by atoms with Gasteiger partial charge in [0.05, 0.1) is 14.2 Å². The molecule has 1 heterocycles. The Morgan fingerprint density at radius 3 is 2.44 bits per heavy atom. The normalized spacial score (nSPS) is 10.6. The van der Waals surface area contributed by atoms with Crippen LogP contribution < -0.4 is 15.2 Å². The van der Waals surface area contributed by atoms with E-state index in [2.05, 4.69) is 11.9 Å². The Morgan fingerprint density at radius 1 is 1.17 bits per heavy atom. The third-order valence-electron chi connectivity index (χ3n) is 2.98. The Kier molecular flexibility index (Phi) is 3.55. The number of anilines is 1. The second-order valence-corrected chi connectivity index (χ2v) is 4.15. The number of nitrogens with two attached hydrogens (primary N) is 1. The van der Waals surface area contributed by atoms with Gasteiger partial charge >= 0.3 is 0 Å². The van der Waals surface area contributed by atoms with Gasteiger partial charge in [-0.05, 0) is 30.2 Å².